The van der Waals surface area contributed by atoms with Crippen LogP contribution >= 0.6 is 15.9 Å². The van der Waals surface area contributed by atoms with E-state index >= 15 is 0 Å². The molecule has 2 aromatic heterocycles. The molecule has 11 heteroatoms. The van der Waals surface area contributed by atoms with E-state index in [0.717, 1.165) is 6.07 Å². The summed E-state index contributed by atoms with van der Waals surface area (Å²) < 4.78 is 50.4. The van der Waals surface area contributed by atoms with Gasteiger partial charge in [0, 0.05) is 36.8 Å². The molecule has 8 nitrogen and oxygen atoms in total. The van der Waals surface area contributed by atoms with E-state index in [1.807, 2.05) is 0 Å². The topological polar surface area (TPSA) is 99.4 Å². The molecule has 4 rings (SSSR count). The van der Waals surface area contributed by atoms with E-state index in [9.17, 15) is 22.4 Å². The first kappa shape index (κ1) is 22.7. The molecule has 0 unspecified atom stereocenters. The number of nitrogens with one attached hydrogen (secondary N) is 1. The Labute approximate surface area is 196 Å². The summed E-state index contributed by atoms with van der Waals surface area (Å²) in [5, 5.41) is 0.423. The van der Waals surface area contributed by atoms with Gasteiger partial charge in [-0.2, -0.15) is 0 Å². The number of rotatable bonds is 5. The largest absolute Gasteiger partial charge is 0.495 e. The van der Waals surface area contributed by atoms with Crippen LogP contribution in [0.3, 0.4) is 0 Å². The highest BCUT2D eigenvalue weighted by Gasteiger charge is 2.18. The van der Waals surface area contributed by atoms with Crippen molar-refractivity contribution in [2.75, 3.05) is 11.8 Å². The number of methoxy groups -OCH3 is 1. The minimum absolute atomic E-state index is 0.0742. The van der Waals surface area contributed by atoms with Gasteiger partial charge in [0.2, 0.25) is 0 Å². The van der Waals surface area contributed by atoms with E-state index in [0.29, 0.717) is 10.9 Å². The lowest BCUT2D eigenvalue weighted by Crippen LogP contribution is -2.20. The number of pyridine rings is 2. The van der Waals surface area contributed by atoms with Crippen LogP contribution in [0.2, 0.25) is 0 Å². The quantitative estimate of drug-likeness (QED) is 0.423. The first-order valence-electron chi connectivity index (χ1n) is 9.49. The molecule has 0 fully saturated rings. The Morgan fingerprint density at radius 3 is 2.45 bits per heavy atom. The van der Waals surface area contributed by atoms with E-state index in [1.165, 1.54) is 71.0 Å². The van der Waals surface area contributed by atoms with Crippen molar-refractivity contribution in [3.8, 4) is 11.4 Å². The van der Waals surface area contributed by atoms with Crippen molar-refractivity contribution in [3.05, 3.63) is 91.8 Å². The molecule has 170 valence electrons. The van der Waals surface area contributed by atoms with Gasteiger partial charge < -0.3 is 9.30 Å². The Hall–Kier alpha value is -3.44. The van der Waals surface area contributed by atoms with Crippen LogP contribution in [0.15, 0.2) is 79.8 Å². The molecule has 2 heterocycles. The van der Waals surface area contributed by atoms with Crippen LogP contribution < -0.4 is 20.6 Å². The molecule has 0 aliphatic carbocycles. The van der Waals surface area contributed by atoms with E-state index in [4.69, 9.17) is 4.74 Å². The fourth-order valence-electron chi connectivity index (χ4n) is 3.32. The van der Waals surface area contributed by atoms with Gasteiger partial charge in [-0.05, 0) is 52.3 Å². The average Bonchev–Trinajstić information content (AvgIpc) is 2.77. The summed E-state index contributed by atoms with van der Waals surface area (Å²) >= 11 is 3.09. The Bertz CT molecular complexity index is 1630. The van der Waals surface area contributed by atoms with Crippen LogP contribution in [0.1, 0.15) is 0 Å². The first-order chi connectivity index (χ1) is 15.6. The number of benzene rings is 2. The summed E-state index contributed by atoms with van der Waals surface area (Å²) in [5.41, 5.74) is -0.166. The second-order valence-electron chi connectivity index (χ2n) is 7.14. The molecule has 0 spiro atoms. The van der Waals surface area contributed by atoms with Gasteiger partial charge in [-0.1, -0.05) is 0 Å². The zero-order chi connectivity index (χ0) is 23.9. The molecule has 33 heavy (non-hydrogen) atoms. The Kier molecular flexibility index (Phi) is 5.85. The molecule has 0 aliphatic rings. The highest BCUT2D eigenvalue weighted by Crippen LogP contribution is 2.31. The predicted molar refractivity (Wildman–Crippen MR) is 126 cm³/mol. The lowest BCUT2D eigenvalue weighted by atomic mass is 10.2. The molecule has 0 saturated carbocycles. The van der Waals surface area contributed by atoms with Crippen molar-refractivity contribution in [2.24, 2.45) is 7.05 Å². The van der Waals surface area contributed by atoms with Gasteiger partial charge in [-0.25, -0.2) is 12.8 Å². The van der Waals surface area contributed by atoms with Crippen molar-refractivity contribution < 1.29 is 17.5 Å². The summed E-state index contributed by atoms with van der Waals surface area (Å²) in [6, 6.07) is 12.1. The SMILES string of the molecule is COc1cc(Br)c(F)cc1-n1c(=O)ccc2cc(S(=O)(=O)Nc3ccn(C)c(=O)c3)ccc21. The number of anilines is 1. The number of halogens is 2. The smallest absolute Gasteiger partial charge is 0.261 e. The fourth-order valence-corrected chi connectivity index (χ4v) is 4.73. The molecule has 0 atom stereocenters. The van der Waals surface area contributed by atoms with Crippen molar-refractivity contribution in [3.63, 3.8) is 0 Å². The van der Waals surface area contributed by atoms with Gasteiger partial charge in [-0.15, -0.1) is 0 Å². The van der Waals surface area contributed by atoms with Gasteiger partial charge in [-0.3, -0.25) is 18.9 Å². The number of sulfonamides is 1. The number of fused-ring (bicyclic) bond motifs is 1. The lowest BCUT2D eigenvalue weighted by Gasteiger charge is -2.15. The Balaban J connectivity index is 1.84. The first-order valence-corrected chi connectivity index (χ1v) is 11.8. The van der Waals surface area contributed by atoms with Crippen LogP contribution in [-0.2, 0) is 17.1 Å². The van der Waals surface area contributed by atoms with Crippen molar-refractivity contribution in [1.82, 2.24) is 9.13 Å². The van der Waals surface area contributed by atoms with Gasteiger partial charge in [0.25, 0.3) is 21.1 Å². The zero-order valence-corrected chi connectivity index (χ0v) is 19.8. The van der Waals surface area contributed by atoms with Crippen LogP contribution in [0.5, 0.6) is 5.75 Å². The van der Waals surface area contributed by atoms with E-state index in [1.54, 1.807) is 7.05 Å². The molecule has 0 radical (unpaired) electrons. The molecule has 0 bridgehead atoms. The fraction of sp³-hybridized carbons (Fsp3) is 0.0909. The summed E-state index contributed by atoms with van der Waals surface area (Å²) in [6.07, 6.45) is 1.45. The van der Waals surface area contributed by atoms with Gasteiger partial charge in [0.15, 0.2) is 0 Å². The van der Waals surface area contributed by atoms with Gasteiger partial charge in [0.1, 0.15) is 11.6 Å². The lowest BCUT2D eigenvalue weighted by molar-refractivity contribution is 0.411. The number of hydrogen-bond acceptors (Lipinski definition) is 5. The van der Waals surface area contributed by atoms with E-state index in [-0.39, 0.29) is 32.1 Å². The monoisotopic (exact) mass is 533 g/mol. The van der Waals surface area contributed by atoms with Gasteiger partial charge >= 0.3 is 0 Å². The second-order valence-corrected chi connectivity index (χ2v) is 9.67. The van der Waals surface area contributed by atoms with E-state index < -0.39 is 21.4 Å². The Morgan fingerprint density at radius 1 is 1.00 bits per heavy atom. The standard InChI is InChI=1S/C22H17BrFN3O5S/c1-26-8-7-14(10-22(26)29)25-33(30,31)15-4-5-18-13(9-15)3-6-21(28)27(18)19-12-17(24)16(23)11-20(19)32-2/h3-12,25H,1-2H3. The summed E-state index contributed by atoms with van der Waals surface area (Å²) in [7, 11) is -1.08. The Morgan fingerprint density at radius 2 is 1.76 bits per heavy atom. The number of ether oxygens (including phenoxy) is 1. The normalized spacial score (nSPS) is 11.5. The van der Waals surface area contributed by atoms with Crippen LogP contribution in [0.25, 0.3) is 16.6 Å². The maximum atomic E-state index is 14.3. The molecule has 0 amide bonds. The number of nitrogens with zero attached hydrogens (tertiary/aromatic N) is 2. The van der Waals surface area contributed by atoms with Crippen molar-refractivity contribution in [2.45, 2.75) is 4.90 Å². The average molecular weight is 534 g/mol. The van der Waals surface area contributed by atoms with Crippen molar-refractivity contribution >= 4 is 42.5 Å². The third kappa shape index (κ3) is 4.29. The highest BCUT2D eigenvalue weighted by atomic mass is 79.9. The number of aryl methyl sites for hydroxylation is 1. The van der Waals surface area contributed by atoms with Crippen LogP contribution in [0.4, 0.5) is 10.1 Å². The molecule has 0 aliphatic heterocycles. The van der Waals surface area contributed by atoms with E-state index in [2.05, 4.69) is 20.7 Å². The minimum atomic E-state index is -4.02. The van der Waals surface area contributed by atoms with Crippen LogP contribution in [0, 0.1) is 5.82 Å². The predicted octanol–water partition coefficient (Wildman–Crippen LogP) is 3.40. The maximum absolute atomic E-state index is 14.3. The third-order valence-corrected chi connectivity index (χ3v) is 6.98. The summed E-state index contributed by atoms with van der Waals surface area (Å²) in [6.45, 7) is 0. The third-order valence-electron chi connectivity index (χ3n) is 5.00. The molecule has 2 aromatic carbocycles. The molecular formula is C22H17BrFN3O5S. The number of hydrogen-bond donors (Lipinski definition) is 1. The molecule has 1 N–H and O–H groups in total. The summed E-state index contributed by atoms with van der Waals surface area (Å²) in [4.78, 5) is 24.4. The summed E-state index contributed by atoms with van der Waals surface area (Å²) in [5.74, 6) is -0.339. The second kappa shape index (κ2) is 8.49. The van der Waals surface area contributed by atoms with Crippen LogP contribution in [-0.4, -0.2) is 24.7 Å². The maximum Gasteiger partial charge on any atom is 0.261 e. The molecular weight excluding hydrogens is 517 g/mol. The highest BCUT2D eigenvalue weighted by molar-refractivity contribution is 9.10. The molecule has 4 aromatic rings. The zero-order valence-electron chi connectivity index (χ0n) is 17.4. The molecule has 0 saturated heterocycles. The van der Waals surface area contributed by atoms with Gasteiger partial charge in [0.05, 0.1) is 33.4 Å². The number of aromatic nitrogens is 2. The van der Waals surface area contributed by atoms with Crippen molar-refractivity contribution in [1.29, 1.82) is 0 Å². The minimum Gasteiger partial charge on any atom is -0.495 e.